The Morgan fingerprint density at radius 2 is 1.94 bits per heavy atom. The van der Waals surface area contributed by atoms with Crippen molar-refractivity contribution in [2.24, 2.45) is 0 Å². The van der Waals surface area contributed by atoms with Crippen molar-refractivity contribution in [3.63, 3.8) is 0 Å². The lowest BCUT2D eigenvalue weighted by Gasteiger charge is -2.34. The SMILES string of the molecule is CNC(=O)Nc1cn(-c2cccc(F)c2)cc1C(=O)NC1CCCN(C(=O)OC(C)(C)C)C1. The Bertz CT molecular complexity index is 1030. The Morgan fingerprint density at radius 3 is 2.61 bits per heavy atom. The Balaban J connectivity index is 1.77. The smallest absolute Gasteiger partial charge is 0.410 e. The quantitative estimate of drug-likeness (QED) is 0.651. The zero-order valence-corrected chi connectivity index (χ0v) is 19.3. The second kappa shape index (κ2) is 9.93. The van der Waals surface area contributed by atoms with Gasteiger partial charge in [-0.1, -0.05) is 6.07 Å². The number of hydrogen-bond donors (Lipinski definition) is 3. The van der Waals surface area contributed by atoms with Crippen molar-refractivity contribution in [2.75, 3.05) is 25.5 Å². The van der Waals surface area contributed by atoms with Crippen LogP contribution in [-0.4, -0.2) is 59.3 Å². The van der Waals surface area contributed by atoms with Gasteiger partial charge in [-0.15, -0.1) is 0 Å². The summed E-state index contributed by atoms with van der Waals surface area (Å²) in [6.45, 7) is 6.29. The molecule has 2 heterocycles. The van der Waals surface area contributed by atoms with Crippen LogP contribution in [0.15, 0.2) is 36.7 Å². The maximum atomic E-state index is 13.7. The van der Waals surface area contributed by atoms with Crippen LogP contribution >= 0.6 is 0 Å². The number of nitrogens with one attached hydrogen (secondary N) is 3. The minimum Gasteiger partial charge on any atom is -0.444 e. The van der Waals surface area contributed by atoms with Crippen molar-refractivity contribution in [3.05, 3.63) is 48.0 Å². The average Bonchev–Trinajstić information content (AvgIpc) is 3.16. The molecule has 1 aliphatic rings. The summed E-state index contributed by atoms with van der Waals surface area (Å²) < 4.78 is 20.7. The predicted octanol–water partition coefficient (Wildman–Crippen LogP) is 3.50. The number of hydrogen-bond acceptors (Lipinski definition) is 4. The van der Waals surface area contributed by atoms with Crippen LogP contribution in [0.4, 0.5) is 19.7 Å². The van der Waals surface area contributed by atoms with Gasteiger partial charge in [0.1, 0.15) is 11.4 Å². The van der Waals surface area contributed by atoms with E-state index in [-0.39, 0.29) is 17.3 Å². The molecule has 2 aromatic rings. The van der Waals surface area contributed by atoms with Crippen LogP contribution in [0, 0.1) is 5.82 Å². The lowest BCUT2D eigenvalue weighted by Crippen LogP contribution is -2.50. The molecule has 1 saturated heterocycles. The van der Waals surface area contributed by atoms with Crippen LogP contribution < -0.4 is 16.0 Å². The molecule has 0 radical (unpaired) electrons. The molecule has 0 aliphatic carbocycles. The maximum Gasteiger partial charge on any atom is 0.410 e. The summed E-state index contributed by atoms with van der Waals surface area (Å²) in [5.74, 6) is -0.829. The Kier molecular flexibility index (Phi) is 7.25. The van der Waals surface area contributed by atoms with E-state index in [9.17, 15) is 18.8 Å². The van der Waals surface area contributed by atoms with E-state index in [4.69, 9.17) is 4.74 Å². The Hall–Kier alpha value is -3.56. The van der Waals surface area contributed by atoms with E-state index in [1.807, 2.05) is 0 Å². The van der Waals surface area contributed by atoms with Gasteiger partial charge in [0.25, 0.3) is 5.91 Å². The standard InChI is InChI=1S/C23H30FN5O4/c1-23(2,3)33-22(32)28-10-6-8-16(12-28)26-20(30)18-13-29(14-19(18)27-21(31)25-4)17-9-5-7-15(24)11-17/h5,7,9,11,13-14,16H,6,8,10,12H2,1-4H3,(H,26,30)(H2,25,27,31). The third-order valence-corrected chi connectivity index (χ3v) is 5.06. The first-order valence-electron chi connectivity index (χ1n) is 10.8. The normalized spacial score (nSPS) is 16.2. The number of likely N-dealkylation sites (tertiary alicyclic amines) is 1. The number of ether oxygens (including phenoxy) is 1. The number of piperidine rings is 1. The molecule has 10 heteroatoms. The van der Waals surface area contributed by atoms with Gasteiger partial charge in [0, 0.05) is 44.3 Å². The average molecular weight is 460 g/mol. The van der Waals surface area contributed by atoms with E-state index in [2.05, 4.69) is 16.0 Å². The fourth-order valence-electron chi connectivity index (χ4n) is 3.56. The monoisotopic (exact) mass is 459 g/mol. The summed E-state index contributed by atoms with van der Waals surface area (Å²) in [5, 5.41) is 8.02. The van der Waals surface area contributed by atoms with Crippen molar-refractivity contribution < 1.29 is 23.5 Å². The van der Waals surface area contributed by atoms with Crippen LogP contribution in [0.25, 0.3) is 5.69 Å². The molecule has 1 fully saturated rings. The lowest BCUT2D eigenvalue weighted by atomic mass is 10.1. The number of nitrogens with zero attached hydrogens (tertiary/aromatic N) is 2. The van der Waals surface area contributed by atoms with Crippen LogP contribution in [0.5, 0.6) is 0 Å². The summed E-state index contributed by atoms with van der Waals surface area (Å²) in [6.07, 6.45) is 4.09. The maximum absolute atomic E-state index is 13.7. The van der Waals surface area contributed by atoms with Crippen LogP contribution in [0.2, 0.25) is 0 Å². The van der Waals surface area contributed by atoms with Crippen molar-refractivity contribution >= 4 is 23.7 Å². The van der Waals surface area contributed by atoms with Gasteiger partial charge in [-0.2, -0.15) is 0 Å². The highest BCUT2D eigenvalue weighted by atomic mass is 19.1. The van der Waals surface area contributed by atoms with E-state index >= 15 is 0 Å². The van der Waals surface area contributed by atoms with Gasteiger partial charge >= 0.3 is 12.1 Å². The first-order valence-corrected chi connectivity index (χ1v) is 10.8. The van der Waals surface area contributed by atoms with Gasteiger partial charge in [0.2, 0.25) is 0 Å². The molecule has 4 amide bonds. The molecular formula is C23H30FN5O4. The summed E-state index contributed by atoms with van der Waals surface area (Å²) in [7, 11) is 1.46. The fourth-order valence-corrected chi connectivity index (χ4v) is 3.56. The molecule has 1 aliphatic heterocycles. The minimum absolute atomic E-state index is 0.220. The summed E-state index contributed by atoms with van der Waals surface area (Å²) in [5.41, 5.74) is 0.393. The second-order valence-electron chi connectivity index (χ2n) is 8.92. The summed E-state index contributed by atoms with van der Waals surface area (Å²) in [4.78, 5) is 39.0. The molecule has 3 rings (SSSR count). The van der Waals surface area contributed by atoms with Gasteiger partial charge in [-0.05, 0) is 51.8 Å². The van der Waals surface area contributed by atoms with Crippen molar-refractivity contribution in [2.45, 2.75) is 45.3 Å². The number of carbonyl (C=O) groups excluding carboxylic acids is 3. The third kappa shape index (κ3) is 6.47. The van der Waals surface area contributed by atoms with E-state index in [0.717, 1.165) is 6.42 Å². The van der Waals surface area contributed by atoms with E-state index in [0.29, 0.717) is 25.2 Å². The van der Waals surface area contributed by atoms with Gasteiger partial charge in [-0.25, -0.2) is 14.0 Å². The van der Waals surface area contributed by atoms with E-state index in [1.54, 1.807) is 48.6 Å². The molecule has 33 heavy (non-hydrogen) atoms. The molecule has 1 aromatic heterocycles. The molecule has 0 saturated carbocycles. The second-order valence-corrected chi connectivity index (χ2v) is 8.92. The lowest BCUT2D eigenvalue weighted by molar-refractivity contribution is 0.0185. The van der Waals surface area contributed by atoms with Crippen molar-refractivity contribution in [1.82, 2.24) is 20.1 Å². The molecule has 178 valence electrons. The molecule has 1 atom stereocenters. The van der Waals surface area contributed by atoms with E-state index in [1.165, 1.54) is 25.4 Å². The first kappa shape index (κ1) is 24.1. The molecular weight excluding hydrogens is 429 g/mol. The number of aromatic nitrogens is 1. The van der Waals surface area contributed by atoms with Crippen LogP contribution in [0.1, 0.15) is 44.0 Å². The molecule has 0 bridgehead atoms. The Morgan fingerprint density at radius 1 is 1.18 bits per heavy atom. The molecule has 3 N–H and O–H groups in total. The number of anilines is 1. The number of benzene rings is 1. The molecule has 0 spiro atoms. The molecule has 1 aromatic carbocycles. The summed E-state index contributed by atoms with van der Waals surface area (Å²) in [6, 6.07) is 5.13. The van der Waals surface area contributed by atoms with Crippen molar-refractivity contribution in [3.8, 4) is 5.69 Å². The number of rotatable bonds is 4. The van der Waals surface area contributed by atoms with Gasteiger partial charge in [-0.3, -0.25) is 4.79 Å². The van der Waals surface area contributed by atoms with E-state index < -0.39 is 29.4 Å². The molecule has 9 nitrogen and oxygen atoms in total. The highest BCUT2D eigenvalue weighted by Gasteiger charge is 2.29. The largest absolute Gasteiger partial charge is 0.444 e. The van der Waals surface area contributed by atoms with Crippen molar-refractivity contribution in [1.29, 1.82) is 0 Å². The third-order valence-electron chi connectivity index (χ3n) is 5.06. The van der Waals surface area contributed by atoms with Crippen LogP contribution in [0.3, 0.4) is 0 Å². The first-order chi connectivity index (χ1) is 15.6. The highest BCUT2D eigenvalue weighted by molar-refractivity contribution is 6.03. The predicted molar refractivity (Wildman–Crippen MR) is 122 cm³/mol. The Labute approximate surface area is 192 Å². The van der Waals surface area contributed by atoms with Gasteiger partial charge < -0.3 is 30.2 Å². The topological polar surface area (TPSA) is 105 Å². The minimum atomic E-state index is -0.604. The molecule has 1 unspecified atom stereocenters. The number of halogens is 1. The number of carbonyl (C=O) groups is 3. The van der Waals surface area contributed by atoms with Crippen LogP contribution in [-0.2, 0) is 4.74 Å². The summed E-state index contributed by atoms with van der Waals surface area (Å²) >= 11 is 0. The number of urea groups is 1. The van der Waals surface area contributed by atoms with Gasteiger partial charge in [0.05, 0.1) is 11.3 Å². The zero-order chi connectivity index (χ0) is 24.2. The zero-order valence-electron chi connectivity index (χ0n) is 19.3. The number of amides is 4. The van der Waals surface area contributed by atoms with Gasteiger partial charge in [0.15, 0.2) is 0 Å². The fraction of sp³-hybridized carbons (Fsp3) is 0.435. The highest BCUT2D eigenvalue weighted by Crippen LogP contribution is 2.22.